The smallest absolute Gasteiger partial charge is 0.269 e. The number of nitrogens with zero attached hydrogens (tertiary/aromatic N) is 3. The number of carbonyl (C=O) groups excluding carboxylic acids is 1. The summed E-state index contributed by atoms with van der Waals surface area (Å²) in [5.41, 5.74) is 3.10. The number of non-ortho nitro benzene ring substituents is 1. The van der Waals surface area contributed by atoms with Gasteiger partial charge in [-0.15, -0.1) is 0 Å². The summed E-state index contributed by atoms with van der Waals surface area (Å²) in [5, 5.41) is 23.2. The molecule has 10 nitrogen and oxygen atoms in total. The molecule has 0 fully saturated rings. The first-order valence-corrected chi connectivity index (χ1v) is 6.51. The largest absolute Gasteiger partial charge is 0.325 e. The van der Waals surface area contributed by atoms with Crippen molar-refractivity contribution < 1.29 is 14.8 Å². The Morgan fingerprint density at radius 1 is 1.26 bits per heavy atom. The molecular weight excluding hydrogens is 306 g/mol. The van der Waals surface area contributed by atoms with Crippen molar-refractivity contribution in [2.45, 2.75) is 19.9 Å². The van der Waals surface area contributed by atoms with Crippen molar-refractivity contribution in [2.75, 3.05) is 0 Å². The molecule has 10 heteroatoms. The van der Waals surface area contributed by atoms with Gasteiger partial charge in [0.1, 0.15) is 6.04 Å². The lowest BCUT2D eigenvalue weighted by molar-refractivity contribution is -0.525. The van der Waals surface area contributed by atoms with Gasteiger partial charge < -0.3 is 5.32 Å². The molecule has 0 saturated carbocycles. The van der Waals surface area contributed by atoms with E-state index in [1.807, 2.05) is 5.43 Å². The van der Waals surface area contributed by atoms with Gasteiger partial charge in [-0.2, -0.15) is 0 Å². The maximum Gasteiger partial charge on any atom is 0.269 e. The number of benzene rings is 1. The molecule has 1 aliphatic rings. The second-order valence-corrected chi connectivity index (χ2v) is 4.82. The van der Waals surface area contributed by atoms with Crippen LogP contribution in [0.1, 0.15) is 25.5 Å². The van der Waals surface area contributed by atoms with E-state index < -0.39 is 16.0 Å². The first kappa shape index (κ1) is 16.1. The number of allylic oxidation sites excluding steroid dienone is 1. The lowest BCUT2D eigenvalue weighted by atomic mass is 9.94. The average molecular weight is 319 g/mol. The van der Waals surface area contributed by atoms with E-state index in [0.717, 1.165) is 0 Å². The quantitative estimate of drug-likeness (QED) is 0.628. The van der Waals surface area contributed by atoms with Crippen molar-refractivity contribution in [1.82, 2.24) is 10.7 Å². The number of nitrogens with one attached hydrogen (secondary N) is 2. The highest BCUT2D eigenvalue weighted by Crippen LogP contribution is 2.31. The molecule has 2 rings (SSSR count). The van der Waals surface area contributed by atoms with Crippen LogP contribution < -0.4 is 10.7 Å². The highest BCUT2D eigenvalue weighted by molar-refractivity contribution is 5.98. The fraction of sp³-hybridized carbons (Fsp3) is 0.231. The second-order valence-electron chi connectivity index (χ2n) is 4.82. The van der Waals surface area contributed by atoms with Crippen LogP contribution in [0.3, 0.4) is 0 Å². The van der Waals surface area contributed by atoms with E-state index in [9.17, 15) is 25.0 Å². The Labute approximate surface area is 130 Å². The predicted octanol–water partition coefficient (Wildman–Crippen LogP) is 1.24. The molecule has 1 aromatic carbocycles. The third-order valence-electron chi connectivity index (χ3n) is 3.24. The minimum atomic E-state index is -0.781. The zero-order valence-corrected chi connectivity index (χ0v) is 12.3. The van der Waals surface area contributed by atoms with Crippen molar-refractivity contribution in [3.05, 3.63) is 61.3 Å². The topological polar surface area (TPSA) is 140 Å². The molecule has 0 saturated heterocycles. The first-order valence-electron chi connectivity index (χ1n) is 6.51. The summed E-state index contributed by atoms with van der Waals surface area (Å²) in [5.74, 6) is -0.358. The molecule has 1 atom stereocenters. The Hall–Kier alpha value is -3.30. The van der Waals surface area contributed by atoms with Crippen molar-refractivity contribution in [3.8, 4) is 0 Å². The van der Waals surface area contributed by atoms with E-state index >= 15 is 0 Å². The number of rotatable bonds is 4. The zero-order chi connectivity index (χ0) is 17.1. The molecule has 0 radical (unpaired) electrons. The van der Waals surface area contributed by atoms with Crippen LogP contribution in [-0.4, -0.2) is 21.7 Å². The minimum Gasteiger partial charge on any atom is -0.325 e. The number of hydrogen-bond acceptors (Lipinski definition) is 7. The van der Waals surface area contributed by atoms with Gasteiger partial charge in [0, 0.05) is 23.4 Å². The zero-order valence-electron chi connectivity index (χ0n) is 12.3. The first-order chi connectivity index (χ1) is 10.8. The maximum atomic E-state index is 11.9. The monoisotopic (exact) mass is 319 g/mol. The Balaban J connectivity index is 2.45. The molecule has 2 N–H and O–H groups in total. The summed E-state index contributed by atoms with van der Waals surface area (Å²) in [7, 11) is 0. The van der Waals surface area contributed by atoms with Gasteiger partial charge in [-0.1, -0.05) is 5.43 Å². The van der Waals surface area contributed by atoms with Gasteiger partial charge in [0.15, 0.2) is 10.8 Å². The number of nitro benzene ring substituents is 1. The van der Waals surface area contributed by atoms with Gasteiger partial charge in [-0.05, 0) is 31.5 Å². The van der Waals surface area contributed by atoms with E-state index in [0.29, 0.717) is 16.8 Å². The number of Topliss-reactive ketones (excluding diaryl/α,β-unsaturated/α-hetero) is 1. The molecule has 1 heterocycles. The highest BCUT2D eigenvalue weighted by atomic mass is 16.7. The third kappa shape index (κ3) is 3.48. The Morgan fingerprint density at radius 3 is 2.35 bits per heavy atom. The summed E-state index contributed by atoms with van der Waals surface area (Å²) >= 11 is 0. The van der Waals surface area contributed by atoms with Crippen molar-refractivity contribution in [3.63, 3.8) is 0 Å². The van der Waals surface area contributed by atoms with Crippen LogP contribution in [-0.2, 0) is 4.79 Å². The number of hydrazine groups is 1. The van der Waals surface area contributed by atoms with Crippen LogP contribution in [0.15, 0.2) is 40.5 Å². The number of guanidine groups is 1. The lowest BCUT2D eigenvalue weighted by Gasteiger charge is -2.24. The highest BCUT2D eigenvalue weighted by Gasteiger charge is 2.28. The number of aliphatic imine (C=N–C) groups is 1. The van der Waals surface area contributed by atoms with Crippen LogP contribution in [0.5, 0.6) is 0 Å². The van der Waals surface area contributed by atoms with Crippen LogP contribution in [0.4, 0.5) is 5.69 Å². The van der Waals surface area contributed by atoms with E-state index in [-0.39, 0.29) is 17.4 Å². The molecule has 0 aromatic heterocycles. The summed E-state index contributed by atoms with van der Waals surface area (Å²) in [6.45, 7) is 2.96. The van der Waals surface area contributed by atoms with E-state index in [1.54, 1.807) is 6.92 Å². The normalized spacial score (nSPS) is 17.1. The average Bonchev–Trinajstić information content (AvgIpc) is 2.45. The van der Waals surface area contributed by atoms with E-state index in [1.165, 1.54) is 31.2 Å². The van der Waals surface area contributed by atoms with E-state index in [4.69, 9.17) is 0 Å². The number of ketones is 1. The maximum absolute atomic E-state index is 11.9. The van der Waals surface area contributed by atoms with Crippen LogP contribution >= 0.6 is 0 Å². The van der Waals surface area contributed by atoms with Gasteiger partial charge >= 0.3 is 0 Å². The molecular formula is C13H13N5O5. The number of hydrogen-bond donors (Lipinski definition) is 2. The second kappa shape index (κ2) is 6.22. The predicted molar refractivity (Wildman–Crippen MR) is 79.9 cm³/mol. The fourth-order valence-electron chi connectivity index (χ4n) is 2.30. The number of nitro groups is 2. The minimum absolute atomic E-state index is 0.0969. The summed E-state index contributed by atoms with van der Waals surface area (Å²) in [6, 6.07) is 4.74. The molecule has 120 valence electrons. The van der Waals surface area contributed by atoms with Gasteiger partial charge in [-0.25, -0.2) is 15.1 Å². The molecule has 0 spiro atoms. The van der Waals surface area contributed by atoms with Crippen molar-refractivity contribution >= 4 is 17.4 Å². The van der Waals surface area contributed by atoms with Gasteiger partial charge in [0.2, 0.25) is 0 Å². The summed E-state index contributed by atoms with van der Waals surface area (Å²) in [6.07, 6.45) is 0. The van der Waals surface area contributed by atoms with Crippen molar-refractivity contribution in [1.29, 1.82) is 0 Å². The van der Waals surface area contributed by atoms with Gasteiger partial charge in [-0.3, -0.25) is 14.9 Å². The molecule has 1 aromatic rings. The molecule has 23 heavy (non-hydrogen) atoms. The Morgan fingerprint density at radius 2 is 1.87 bits per heavy atom. The van der Waals surface area contributed by atoms with Crippen LogP contribution in [0.2, 0.25) is 0 Å². The van der Waals surface area contributed by atoms with Gasteiger partial charge in [0.05, 0.1) is 4.92 Å². The lowest BCUT2D eigenvalue weighted by Crippen LogP contribution is -2.43. The van der Waals surface area contributed by atoms with Crippen molar-refractivity contribution in [2.24, 2.45) is 4.99 Å². The molecule has 0 aliphatic carbocycles. The standard InChI is InChI=1S/C13H13N5O5/c1-7-11(8(2)19)12(15-13(14-7)16-18(22)23)9-3-5-10(6-4-9)17(20)21/h3-6,12H,1-2H3,(H2,14,15,16)/t12-/m1/s1. The fourth-order valence-corrected chi connectivity index (χ4v) is 2.30. The Kier molecular flexibility index (Phi) is 4.35. The number of carbonyl (C=O) groups is 1. The Bertz CT molecular complexity index is 738. The molecule has 0 bridgehead atoms. The summed E-state index contributed by atoms with van der Waals surface area (Å²) in [4.78, 5) is 36.7. The molecule has 1 aliphatic heterocycles. The summed E-state index contributed by atoms with van der Waals surface area (Å²) < 4.78 is 0. The van der Waals surface area contributed by atoms with Crippen LogP contribution in [0.25, 0.3) is 0 Å². The van der Waals surface area contributed by atoms with E-state index in [2.05, 4.69) is 10.3 Å². The SMILES string of the molecule is CC(=O)C1=C(C)NC(N[N+](=O)[O-])=N[C@@H]1c1ccc([N+](=O)[O-])cc1. The molecule has 0 unspecified atom stereocenters. The van der Waals surface area contributed by atoms with Crippen LogP contribution in [0, 0.1) is 20.2 Å². The third-order valence-corrected chi connectivity index (χ3v) is 3.24. The van der Waals surface area contributed by atoms with Gasteiger partial charge in [0.25, 0.3) is 11.6 Å². The molecule has 0 amide bonds.